The van der Waals surface area contributed by atoms with Crippen LogP contribution in [0.4, 0.5) is 4.79 Å². The van der Waals surface area contributed by atoms with E-state index in [9.17, 15) is 14.7 Å². The molecule has 0 bridgehead atoms. The van der Waals surface area contributed by atoms with Crippen molar-refractivity contribution in [3.8, 4) is 0 Å². The maximum Gasteiger partial charge on any atom is 0.407 e. The van der Waals surface area contributed by atoms with Crippen molar-refractivity contribution in [3.05, 3.63) is 71.8 Å². The van der Waals surface area contributed by atoms with Crippen molar-refractivity contribution >= 4 is 12.0 Å². The second kappa shape index (κ2) is 11.5. The van der Waals surface area contributed by atoms with Gasteiger partial charge in [0.2, 0.25) is 5.91 Å². The fraction of sp³-hybridized carbons (Fsp3) is 0.481. The number of rotatable bonds is 9. The molecule has 1 aliphatic heterocycles. The lowest BCUT2D eigenvalue weighted by molar-refractivity contribution is -0.133. The highest BCUT2D eigenvalue weighted by molar-refractivity contribution is 5.85. The topological polar surface area (TPSA) is 90.9 Å². The summed E-state index contributed by atoms with van der Waals surface area (Å²) in [5.41, 5.74) is 1.30. The number of ether oxygens (including phenoxy) is 1. The summed E-state index contributed by atoms with van der Waals surface area (Å²) in [6.45, 7) is 7.89. The van der Waals surface area contributed by atoms with Gasteiger partial charge in [0.15, 0.2) is 0 Å². The Bertz CT molecular complexity index is 930. The van der Waals surface area contributed by atoms with E-state index in [1.807, 2.05) is 60.7 Å². The van der Waals surface area contributed by atoms with Gasteiger partial charge in [0.05, 0.1) is 18.3 Å². The molecular weight excluding hydrogens is 430 g/mol. The maximum atomic E-state index is 13.5. The van der Waals surface area contributed by atoms with Crippen molar-refractivity contribution in [1.29, 1.82) is 0 Å². The zero-order chi connectivity index (χ0) is 24.7. The first kappa shape index (κ1) is 25.7. The lowest BCUT2D eigenvalue weighted by Crippen LogP contribution is -2.55. The van der Waals surface area contributed by atoms with Gasteiger partial charge in [-0.2, -0.15) is 0 Å². The van der Waals surface area contributed by atoms with Gasteiger partial charge in [-0.25, -0.2) is 4.79 Å². The van der Waals surface area contributed by atoms with Gasteiger partial charge < -0.3 is 20.1 Å². The van der Waals surface area contributed by atoms with Gasteiger partial charge in [0.25, 0.3) is 0 Å². The molecule has 7 nitrogen and oxygen atoms in total. The number of benzene rings is 2. The van der Waals surface area contributed by atoms with Gasteiger partial charge in [-0.15, -0.1) is 0 Å². The quantitative estimate of drug-likeness (QED) is 0.524. The molecule has 1 heterocycles. The monoisotopic (exact) mass is 467 g/mol. The number of amides is 2. The molecule has 1 fully saturated rings. The van der Waals surface area contributed by atoms with Crippen LogP contribution in [0.25, 0.3) is 0 Å². The molecular formula is C27H37N3O4. The van der Waals surface area contributed by atoms with E-state index in [1.165, 1.54) is 0 Å². The Hall–Kier alpha value is -2.90. The lowest BCUT2D eigenvalue weighted by atomic mass is 9.96. The van der Waals surface area contributed by atoms with Crippen LogP contribution in [0, 0.1) is 0 Å². The summed E-state index contributed by atoms with van der Waals surface area (Å²) >= 11 is 0. The molecule has 2 aromatic rings. The van der Waals surface area contributed by atoms with Crippen LogP contribution in [-0.4, -0.2) is 52.0 Å². The smallest absolute Gasteiger partial charge is 0.407 e. The summed E-state index contributed by atoms with van der Waals surface area (Å²) in [7, 11) is 0. The second-order valence-electron chi connectivity index (χ2n) is 9.83. The van der Waals surface area contributed by atoms with Crippen molar-refractivity contribution < 1.29 is 19.4 Å². The van der Waals surface area contributed by atoms with Crippen molar-refractivity contribution in [2.75, 3.05) is 0 Å². The molecule has 4 atom stereocenters. The number of nitrogens with one attached hydrogen (secondary N) is 2. The van der Waals surface area contributed by atoms with E-state index in [0.717, 1.165) is 24.0 Å². The molecule has 7 heteroatoms. The average Bonchev–Trinajstić information content (AvgIpc) is 3.08. The van der Waals surface area contributed by atoms with E-state index in [0.29, 0.717) is 13.0 Å². The minimum atomic E-state index is -1.14. The summed E-state index contributed by atoms with van der Waals surface area (Å²) in [5, 5.41) is 17.5. The Morgan fingerprint density at radius 2 is 1.68 bits per heavy atom. The maximum absolute atomic E-state index is 13.5. The van der Waals surface area contributed by atoms with E-state index in [4.69, 9.17) is 4.74 Å². The number of alkyl carbamates (subject to hydrolysis) is 1. The molecule has 1 saturated heterocycles. The highest BCUT2D eigenvalue weighted by Gasteiger charge is 2.44. The number of aliphatic hydroxyl groups excluding tert-OH is 1. The minimum absolute atomic E-state index is 0.168. The normalized spacial score (nSPS) is 20.1. The predicted molar refractivity (Wildman–Crippen MR) is 132 cm³/mol. The van der Waals surface area contributed by atoms with Gasteiger partial charge in [-0.1, -0.05) is 74.0 Å². The summed E-state index contributed by atoms with van der Waals surface area (Å²) in [6.07, 6.45) is 0.0812. The van der Waals surface area contributed by atoms with E-state index in [2.05, 4.69) is 17.6 Å². The van der Waals surface area contributed by atoms with Crippen LogP contribution in [0.5, 0.6) is 0 Å². The summed E-state index contributed by atoms with van der Waals surface area (Å²) < 4.78 is 5.43. The molecule has 2 aromatic carbocycles. The Balaban J connectivity index is 1.80. The van der Waals surface area contributed by atoms with E-state index in [-0.39, 0.29) is 12.1 Å². The van der Waals surface area contributed by atoms with Crippen LogP contribution >= 0.6 is 0 Å². The molecule has 0 aromatic heterocycles. The molecule has 1 unspecified atom stereocenters. The van der Waals surface area contributed by atoms with Crippen molar-refractivity contribution in [1.82, 2.24) is 15.5 Å². The number of nitrogens with zero attached hydrogens (tertiary/aromatic N) is 1. The lowest BCUT2D eigenvalue weighted by Gasteiger charge is -2.29. The van der Waals surface area contributed by atoms with Gasteiger partial charge in [0, 0.05) is 6.54 Å². The molecule has 0 saturated carbocycles. The van der Waals surface area contributed by atoms with Crippen LogP contribution in [0.3, 0.4) is 0 Å². The largest absolute Gasteiger partial charge is 0.444 e. The van der Waals surface area contributed by atoms with Gasteiger partial charge in [0.1, 0.15) is 11.6 Å². The molecule has 34 heavy (non-hydrogen) atoms. The van der Waals surface area contributed by atoms with E-state index < -0.39 is 29.9 Å². The first-order chi connectivity index (χ1) is 16.2. The summed E-state index contributed by atoms with van der Waals surface area (Å²) in [5.74, 6) is -0.168. The van der Waals surface area contributed by atoms with Crippen molar-refractivity contribution in [2.24, 2.45) is 0 Å². The zero-order valence-electron chi connectivity index (χ0n) is 20.5. The number of carbonyl (C=O) groups is 2. The van der Waals surface area contributed by atoms with Crippen molar-refractivity contribution in [2.45, 2.75) is 83.5 Å². The first-order valence-electron chi connectivity index (χ1n) is 12.0. The van der Waals surface area contributed by atoms with Gasteiger partial charge in [-0.3, -0.25) is 10.1 Å². The summed E-state index contributed by atoms with van der Waals surface area (Å²) in [4.78, 5) is 27.8. The molecule has 184 valence electrons. The third-order valence-corrected chi connectivity index (χ3v) is 5.81. The average molecular weight is 468 g/mol. The number of aliphatic hydroxyl groups is 1. The Labute approximate surface area is 202 Å². The summed E-state index contributed by atoms with van der Waals surface area (Å²) in [6, 6.07) is 17.9. The molecule has 3 rings (SSSR count). The Morgan fingerprint density at radius 1 is 1.09 bits per heavy atom. The van der Waals surface area contributed by atoms with Crippen LogP contribution in [0.15, 0.2) is 60.7 Å². The molecule has 3 N–H and O–H groups in total. The number of carbonyl (C=O) groups excluding carboxylic acids is 2. The third kappa shape index (κ3) is 7.05. The first-order valence-corrected chi connectivity index (χ1v) is 12.0. The highest BCUT2D eigenvalue weighted by Crippen LogP contribution is 2.23. The molecule has 0 spiro atoms. The van der Waals surface area contributed by atoms with Crippen LogP contribution < -0.4 is 10.6 Å². The fourth-order valence-corrected chi connectivity index (χ4v) is 4.24. The number of hydrogen-bond donors (Lipinski definition) is 3. The van der Waals surface area contributed by atoms with E-state index >= 15 is 0 Å². The Morgan fingerprint density at radius 3 is 2.24 bits per heavy atom. The Kier molecular flexibility index (Phi) is 8.69. The van der Waals surface area contributed by atoms with Crippen molar-refractivity contribution in [3.63, 3.8) is 0 Å². The zero-order valence-corrected chi connectivity index (χ0v) is 20.5. The SMILES string of the molecule is CCCC1N[C@@H]([C@H](O)[C@H](Cc2ccccc2)NC(=O)OC(C)(C)C)C(=O)N1Cc1ccccc1. The van der Waals surface area contributed by atoms with E-state index in [1.54, 1.807) is 25.7 Å². The highest BCUT2D eigenvalue weighted by atomic mass is 16.6. The third-order valence-electron chi connectivity index (χ3n) is 5.81. The fourth-order valence-electron chi connectivity index (χ4n) is 4.24. The van der Waals surface area contributed by atoms with Gasteiger partial charge in [-0.05, 0) is 44.7 Å². The second-order valence-corrected chi connectivity index (χ2v) is 9.83. The van der Waals surface area contributed by atoms with Crippen LogP contribution in [-0.2, 0) is 22.5 Å². The predicted octanol–water partition coefficient (Wildman–Crippen LogP) is 3.61. The standard InChI is InChI=1S/C27H37N3O4/c1-5-12-22-29-23(25(32)30(22)18-20-15-10-7-11-16-20)24(31)21(17-19-13-8-6-9-14-19)28-26(33)34-27(2,3)4/h6-11,13-16,21-24,29,31H,5,12,17-18H2,1-4H3,(H,28,33)/t21-,22?,23-,24+/m0/s1. The number of hydrogen-bond acceptors (Lipinski definition) is 5. The molecule has 2 amide bonds. The molecule has 0 radical (unpaired) electrons. The van der Waals surface area contributed by atoms with Crippen LogP contribution in [0.1, 0.15) is 51.7 Å². The minimum Gasteiger partial charge on any atom is -0.444 e. The van der Waals surface area contributed by atoms with Gasteiger partial charge >= 0.3 is 6.09 Å². The van der Waals surface area contributed by atoms with Crippen LogP contribution in [0.2, 0.25) is 0 Å². The molecule has 0 aliphatic carbocycles. The molecule has 1 aliphatic rings.